The summed E-state index contributed by atoms with van der Waals surface area (Å²) in [7, 11) is 6.56. The third-order valence-corrected chi connectivity index (χ3v) is 12.9. The minimum absolute atomic E-state index is 0.0991. The van der Waals surface area contributed by atoms with Crippen molar-refractivity contribution in [2.45, 2.75) is 87.9 Å². The van der Waals surface area contributed by atoms with Crippen molar-refractivity contribution in [2.24, 2.45) is 16.7 Å². The SMILES string of the molecule is CCOC(=O)CCC(=O)OC1C(OC(c2ccccc2)(c2ccc(OC)cc2)c2ccc(OC)cc2)C2OC1C1(C(=O)OC)C3OC(C(OC(=O)CCC(=O)OC)C3C)C21C(=O)OC. The Morgan fingerprint density at radius 1 is 0.531 bits per heavy atom. The van der Waals surface area contributed by atoms with Crippen LogP contribution in [-0.4, -0.2) is 121 Å². The maximum Gasteiger partial charge on any atom is 0.318 e. The van der Waals surface area contributed by atoms with Crippen LogP contribution in [0.2, 0.25) is 0 Å². The monoisotopic (exact) mass is 888 g/mol. The Kier molecular flexibility index (Phi) is 13.4. The molecule has 3 aromatic rings. The van der Waals surface area contributed by atoms with Crippen molar-refractivity contribution >= 4 is 35.8 Å². The minimum atomic E-state index is -2.16. The highest BCUT2D eigenvalue weighted by Crippen LogP contribution is 2.74. The van der Waals surface area contributed by atoms with Crippen LogP contribution in [0.4, 0.5) is 0 Å². The molecule has 4 saturated heterocycles. The van der Waals surface area contributed by atoms with Crippen molar-refractivity contribution in [1.82, 2.24) is 0 Å². The highest BCUT2D eigenvalue weighted by Gasteiger charge is 2.94. The van der Waals surface area contributed by atoms with Gasteiger partial charge in [0, 0.05) is 5.92 Å². The van der Waals surface area contributed by atoms with E-state index in [9.17, 15) is 24.0 Å². The maximum atomic E-state index is 15.0. The Labute approximate surface area is 369 Å². The number of hydrogen-bond donors (Lipinski definition) is 0. The van der Waals surface area contributed by atoms with Crippen molar-refractivity contribution < 1.29 is 80.9 Å². The zero-order valence-corrected chi connectivity index (χ0v) is 36.6. The summed E-state index contributed by atoms with van der Waals surface area (Å²) in [5, 5.41) is 0. The summed E-state index contributed by atoms with van der Waals surface area (Å²) in [6.45, 7) is 3.42. The fraction of sp³-hybridized carbons (Fsp3) is 0.489. The topological polar surface area (TPSA) is 204 Å². The molecule has 0 N–H and O–H groups in total. The molecule has 17 nitrogen and oxygen atoms in total. The lowest BCUT2D eigenvalue weighted by Gasteiger charge is -2.54. The normalized spacial score (nSPS) is 28.4. The number of ether oxygens (including phenoxy) is 11. The molecule has 7 rings (SSSR count). The molecule has 17 heteroatoms. The van der Waals surface area contributed by atoms with E-state index in [-0.39, 0.29) is 25.9 Å². The van der Waals surface area contributed by atoms with Crippen LogP contribution in [-0.2, 0) is 77.0 Å². The van der Waals surface area contributed by atoms with Gasteiger partial charge in [-0.2, -0.15) is 0 Å². The van der Waals surface area contributed by atoms with Crippen LogP contribution >= 0.6 is 0 Å². The van der Waals surface area contributed by atoms with Gasteiger partial charge in [-0.15, -0.1) is 0 Å². The van der Waals surface area contributed by atoms with Crippen molar-refractivity contribution in [1.29, 1.82) is 0 Å². The fourth-order valence-electron chi connectivity index (χ4n) is 10.3. The first-order valence-electron chi connectivity index (χ1n) is 20.9. The Balaban J connectivity index is 1.44. The molecule has 0 radical (unpaired) electrons. The molecule has 4 heterocycles. The number of carbonyl (C=O) groups is 6. The van der Waals surface area contributed by atoms with Gasteiger partial charge < -0.3 is 52.1 Å². The predicted octanol–water partition coefficient (Wildman–Crippen LogP) is 4.02. The summed E-state index contributed by atoms with van der Waals surface area (Å²) in [5.41, 5.74) is -4.10. The molecule has 342 valence electrons. The van der Waals surface area contributed by atoms with E-state index < -0.39 is 107 Å². The van der Waals surface area contributed by atoms with Gasteiger partial charge in [-0.3, -0.25) is 28.8 Å². The number of benzene rings is 3. The van der Waals surface area contributed by atoms with Crippen LogP contribution in [0, 0.1) is 16.7 Å². The Morgan fingerprint density at radius 3 is 1.47 bits per heavy atom. The number of methoxy groups -OCH3 is 5. The predicted molar refractivity (Wildman–Crippen MR) is 219 cm³/mol. The molecule has 4 aliphatic heterocycles. The van der Waals surface area contributed by atoms with E-state index in [1.807, 2.05) is 54.6 Å². The van der Waals surface area contributed by atoms with Crippen LogP contribution in [0.5, 0.6) is 11.5 Å². The number of carbonyl (C=O) groups excluding carboxylic acids is 6. The maximum absolute atomic E-state index is 15.0. The number of fused-ring (bicyclic) bond motifs is 9. The lowest BCUT2D eigenvalue weighted by atomic mass is 9.46. The average Bonchev–Trinajstić information content (AvgIpc) is 4.04. The first-order chi connectivity index (χ1) is 30.8. The van der Waals surface area contributed by atoms with Gasteiger partial charge in [-0.25, -0.2) is 0 Å². The molecule has 64 heavy (non-hydrogen) atoms. The van der Waals surface area contributed by atoms with Crippen molar-refractivity contribution in [3.63, 3.8) is 0 Å². The van der Waals surface area contributed by atoms with E-state index in [4.69, 9.17) is 52.1 Å². The smallest absolute Gasteiger partial charge is 0.318 e. The lowest BCUT2D eigenvalue weighted by molar-refractivity contribution is -0.218. The van der Waals surface area contributed by atoms with Crippen LogP contribution < -0.4 is 9.47 Å². The van der Waals surface area contributed by atoms with E-state index in [1.165, 1.54) is 21.3 Å². The van der Waals surface area contributed by atoms with Gasteiger partial charge in [-0.05, 0) is 47.9 Å². The van der Waals surface area contributed by atoms with E-state index in [1.54, 1.807) is 38.1 Å². The number of rotatable bonds is 18. The summed E-state index contributed by atoms with van der Waals surface area (Å²) < 4.78 is 65.4. The first-order valence-corrected chi connectivity index (χ1v) is 20.9. The van der Waals surface area contributed by atoms with Gasteiger partial charge >= 0.3 is 35.8 Å². The molecule has 10 atom stereocenters. The highest BCUT2D eigenvalue weighted by molar-refractivity contribution is 5.94. The molecule has 0 aromatic heterocycles. The number of hydrogen-bond acceptors (Lipinski definition) is 17. The second-order valence-corrected chi connectivity index (χ2v) is 15.9. The average molecular weight is 889 g/mol. The van der Waals surface area contributed by atoms with Crippen molar-refractivity contribution in [3.05, 3.63) is 95.6 Å². The highest BCUT2D eigenvalue weighted by atomic mass is 16.7. The lowest BCUT2D eigenvalue weighted by Crippen LogP contribution is -2.75. The van der Waals surface area contributed by atoms with Gasteiger partial charge in [0.15, 0.2) is 6.10 Å². The third-order valence-electron chi connectivity index (χ3n) is 12.9. The van der Waals surface area contributed by atoms with E-state index in [0.717, 1.165) is 14.2 Å². The van der Waals surface area contributed by atoms with Gasteiger partial charge in [0.2, 0.25) is 0 Å². The zero-order chi connectivity index (χ0) is 46.0. The fourth-order valence-corrected chi connectivity index (χ4v) is 10.3. The molecule has 4 fully saturated rings. The summed E-state index contributed by atoms with van der Waals surface area (Å²) >= 11 is 0. The number of esters is 6. The Hall–Kier alpha value is -6.04. The molecular formula is C47H52O17. The standard InChI is InChI=1S/C47H52O17/c1-8-59-33(49)23-25-35(51)61-37-38(64-47(27-12-10-9-11-13-27,28-14-18-30(54-3)19-15-28)29-16-20-31(55-4)21-17-29)42-46(44(53)58-7)40-36(60-34(50)24-22-32(48)56-5)26(2)39(62-40)45(46,41(37)63-42)43(52)57-6/h9-21,26,36-42H,8,22-25H2,1-7H3. The molecule has 0 spiro atoms. The second kappa shape index (κ2) is 18.6. The van der Waals surface area contributed by atoms with Gasteiger partial charge in [0.05, 0.1) is 73.9 Å². The largest absolute Gasteiger partial charge is 0.497 e. The van der Waals surface area contributed by atoms with Crippen LogP contribution in [0.15, 0.2) is 78.9 Å². The van der Waals surface area contributed by atoms with Gasteiger partial charge in [0.25, 0.3) is 0 Å². The summed E-state index contributed by atoms with van der Waals surface area (Å²) in [4.78, 5) is 81.6. The molecular weight excluding hydrogens is 837 g/mol. The Morgan fingerprint density at radius 2 is 0.969 bits per heavy atom. The van der Waals surface area contributed by atoms with Crippen molar-refractivity contribution in [2.75, 3.05) is 42.2 Å². The van der Waals surface area contributed by atoms with E-state index in [0.29, 0.717) is 28.2 Å². The molecule has 0 amide bonds. The quantitative estimate of drug-likeness (QED) is 0.101. The molecule has 0 saturated carbocycles. The van der Waals surface area contributed by atoms with E-state index >= 15 is 4.79 Å². The van der Waals surface area contributed by atoms with Crippen LogP contribution in [0.25, 0.3) is 0 Å². The molecule has 3 aromatic carbocycles. The Bertz CT molecular complexity index is 2160. The van der Waals surface area contributed by atoms with Gasteiger partial charge in [0.1, 0.15) is 58.4 Å². The summed E-state index contributed by atoms with van der Waals surface area (Å²) in [5.74, 6) is -4.47. The molecule has 0 aliphatic carbocycles. The summed E-state index contributed by atoms with van der Waals surface area (Å²) in [6.07, 6.45) is -11.1. The van der Waals surface area contributed by atoms with Gasteiger partial charge in [-0.1, -0.05) is 61.5 Å². The third kappa shape index (κ3) is 7.22. The zero-order valence-electron chi connectivity index (χ0n) is 36.6. The minimum Gasteiger partial charge on any atom is -0.497 e. The van der Waals surface area contributed by atoms with Crippen LogP contribution in [0.1, 0.15) is 56.2 Å². The van der Waals surface area contributed by atoms with E-state index in [2.05, 4.69) is 0 Å². The first kappa shape index (κ1) is 46.0. The summed E-state index contributed by atoms with van der Waals surface area (Å²) in [6, 6.07) is 23.5. The molecule has 10 unspecified atom stereocenters. The molecule has 4 aliphatic rings. The second-order valence-electron chi connectivity index (χ2n) is 15.9. The van der Waals surface area contributed by atoms with Crippen LogP contribution in [0.3, 0.4) is 0 Å². The van der Waals surface area contributed by atoms with Crippen molar-refractivity contribution in [3.8, 4) is 11.5 Å². The molecule has 4 bridgehead atoms.